The van der Waals surface area contributed by atoms with Gasteiger partial charge in [0.25, 0.3) is 0 Å². The fourth-order valence-corrected chi connectivity index (χ4v) is 9.11. The number of ether oxygens (including phenoxy) is 4. The number of hydrogen-bond acceptors (Lipinski definition) is 8. The van der Waals surface area contributed by atoms with E-state index in [0.717, 1.165) is 87.9 Å². The minimum Gasteiger partial charge on any atom is -0.490 e. The van der Waals surface area contributed by atoms with Gasteiger partial charge in [-0.25, -0.2) is 14.6 Å². The molecule has 1 unspecified atom stereocenters. The molecule has 9 rings (SSSR count). The van der Waals surface area contributed by atoms with Gasteiger partial charge in [0.05, 0.1) is 15.6 Å². The SMILES string of the molecule is C=CC(=O)OCCOc1ccc2c(c1)-c1cc3ccccc3cc1C2(c1ccc(-c2nc3ccccc3s2)cc1)c1ccc(OCCOC(=O)C=C)c2ccccc12. The second kappa shape index (κ2) is 15.5. The van der Waals surface area contributed by atoms with Crippen LogP contribution in [0.3, 0.4) is 0 Å². The molecule has 0 saturated heterocycles. The molecule has 1 aliphatic rings. The minimum absolute atomic E-state index is 0.0980. The first-order valence-corrected chi connectivity index (χ1v) is 19.8. The molecule has 7 aromatic carbocycles. The van der Waals surface area contributed by atoms with Crippen LogP contribution in [0.25, 0.3) is 53.5 Å². The first-order valence-electron chi connectivity index (χ1n) is 19.0. The molecule has 0 spiro atoms. The smallest absolute Gasteiger partial charge is 0.330 e. The molecule has 1 atom stereocenters. The van der Waals surface area contributed by atoms with Gasteiger partial charge in [0.2, 0.25) is 0 Å². The van der Waals surface area contributed by atoms with Gasteiger partial charge < -0.3 is 18.9 Å². The maximum Gasteiger partial charge on any atom is 0.330 e. The monoisotopic (exact) mass is 779 g/mol. The first-order chi connectivity index (χ1) is 28.5. The van der Waals surface area contributed by atoms with Crippen molar-refractivity contribution < 1.29 is 28.5 Å². The van der Waals surface area contributed by atoms with Crippen molar-refractivity contribution in [2.45, 2.75) is 5.41 Å². The van der Waals surface area contributed by atoms with Crippen molar-refractivity contribution in [1.29, 1.82) is 0 Å². The van der Waals surface area contributed by atoms with Crippen molar-refractivity contribution in [1.82, 2.24) is 4.98 Å². The number of esters is 2. The minimum atomic E-state index is -0.781. The quantitative estimate of drug-likeness (QED) is 0.0654. The molecule has 284 valence electrons. The zero-order valence-electron chi connectivity index (χ0n) is 31.5. The highest BCUT2D eigenvalue weighted by Gasteiger charge is 2.47. The van der Waals surface area contributed by atoms with Crippen LogP contribution in [0, 0.1) is 0 Å². The van der Waals surface area contributed by atoms with Crippen LogP contribution in [0.15, 0.2) is 165 Å². The van der Waals surface area contributed by atoms with Crippen molar-refractivity contribution in [3.8, 4) is 33.2 Å². The number of rotatable bonds is 13. The van der Waals surface area contributed by atoms with E-state index in [4.69, 9.17) is 23.9 Å². The molecule has 0 radical (unpaired) electrons. The highest BCUT2D eigenvalue weighted by Crippen LogP contribution is 2.59. The lowest BCUT2D eigenvalue weighted by atomic mass is 9.66. The summed E-state index contributed by atoms with van der Waals surface area (Å²) < 4.78 is 24.0. The molecule has 0 saturated carbocycles. The summed E-state index contributed by atoms with van der Waals surface area (Å²) in [6.07, 6.45) is 2.29. The average molecular weight is 780 g/mol. The summed E-state index contributed by atoms with van der Waals surface area (Å²) in [5.74, 6) is 0.376. The van der Waals surface area contributed by atoms with Crippen LogP contribution in [0.1, 0.15) is 22.3 Å². The summed E-state index contributed by atoms with van der Waals surface area (Å²) in [4.78, 5) is 28.4. The molecule has 7 nitrogen and oxygen atoms in total. The zero-order chi connectivity index (χ0) is 39.6. The van der Waals surface area contributed by atoms with Crippen LogP contribution >= 0.6 is 11.3 Å². The Balaban J connectivity index is 1.25. The molecule has 0 fully saturated rings. The van der Waals surface area contributed by atoms with E-state index in [2.05, 4.69) is 116 Å². The van der Waals surface area contributed by atoms with Crippen LogP contribution < -0.4 is 9.47 Å². The van der Waals surface area contributed by atoms with Gasteiger partial charge in [0.15, 0.2) is 0 Å². The molecule has 1 heterocycles. The summed E-state index contributed by atoms with van der Waals surface area (Å²) in [6, 6.07) is 48.8. The van der Waals surface area contributed by atoms with Crippen molar-refractivity contribution in [2.24, 2.45) is 0 Å². The predicted molar refractivity (Wildman–Crippen MR) is 231 cm³/mol. The average Bonchev–Trinajstić information content (AvgIpc) is 3.83. The number of carbonyl (C=O) groups is 2. The van der Waals surface area contributed by atoms with Gasteiger partial charge >= 0.3 is 11.9 Å². The van der Waals surface area contributed by atoms with E-state index in [1.54, 1.807) is 11.3 Å². The standard InChI is InChI=1S/C50H37NO6S/c1-3-47(52)56-27-25-54-36-21-22-42-40(31-36)39-29-33-11-5-6-12-34(33)30-43(39)50(42,35-19-17-32(18-20-35)49-51-44-15-9-10-16-46(44)58-49)41-23-24-45(38-14-8-7-13-37(38)41)55-26-28-57-48(53)4-2/h3-24,29-31H,1-2,25-28H2. The lowest BCUT2D eigenvalue weighted by Gasteiger charge is -2.35. The van der Waals surface area contributed by atoms with Crippen molar-refractivity contribution >= 4 is 55.0 Å². The lowest BCUT2D eigenvalue weighted by molar-refractivity contribution is -0.139. The summed E-state index contributed by atoms with van der Waals surface area (Å²) >= 11 is 1.69. The number of carbonyl (C=O) groups excluding carboxylic acids is 2. The second-order valence-electron chi connectivity index (χ2n) is 13.9. The van der Waals surface area contributed by atoms with E-state index < -0.39 is 17.4 Å². The molecule has 8 aromatic rings. The van der Waals surface area contributed by atoms with E-state index in [9.17, 15) is 9.59 Å². The van der Waals surface area contributed by atoms with Gasteiger partial charge in [0, 0.05) is 23.1 Å². The third kappa shape index (κ3) is 6.47. The van der Waals surface area contributed by atoms with E-state index in [0.29, 0.717) is 11.5 Å². The van der Waals surface area contributed by atoms with Gasteiger partial charge in [-0.1, -0.05) is 110 Å². The summed E-state index contributed by atoms with van der Waals surface area (Å²) in [7, 11) is 0. The van der Waals surface area contributed by atoms with Gasteiger partial charge in [-0.3, -0.25) is 0 Å². The van der Waals surface area contributed by atoms with Gasteiger partial charge in [0.1, 0.15) is 42.9 Å². The van der Waals surface area contributed by atoms with Crippen LogP contribution in [-0.2, 0) is 24.5 Å². The highest BCUT2D eigenvalue weighted by molar-refractivity contribution is 7.21. The number of benzene rings is 7. The molecule has 1 aromatic heterocycles. The molecule has 58 heavy (non-hydrogen) atoms. The second-order valence-corrected chi connectivity index (χ2v) is 14.9. The number of hydrogen-bond donors (Lipinski definition) is 0. The number of para-hydroxylation sites is 1. The molecule has 1 aliphatic carbocycles. The van der Waals surface area contributed by atoms with Gasteiger partial charge in [-0.2, -0.15) is 0 Å². The normalized spacial score (nSPS) is 14.1. The number of fused-ring (bicyclic) bond motifs is 6. The third-order valence-corrected chi connectivity index (χ3v) is 11.7. The molecule has 0 bridgehead atoms. The summed E-state index contributed by atoms with van der Waals surface area (Å²) in [5.41, 5.74) is 7.81. The largest absolute Gasteiger partial charge is 0.490 e. The molecular weight excluding hydrogens is 743 g/mol. The van der Waals surface area contributed by atoms with Crippen molar-refractivity contribution in [3.63, 3.8) is 0 Å². The topological polar surface area (TPSA) is 84.0 Å². The van der Waals surface area contributed by atoms with E-state index >= 15 is 0 Å². The van der Waals surface area contributed by atoms with E-state index in [1.807, 2.05) is 36.4 Å². The Morgan fingerprint density at radius 3 is 1.98 bits per heavy atom. The number of nitrogens with zero attached hydrogens (tertiary/aromatic N) is 1. The van der Waals surface area contributed by atoms with Gasteiger partial charge in [-0.05, 0) is 92.0 Å². The van der Waals surface area contributed by atoms with Gasteiger partial charge in [-0.15, -0.1) is 11.3 Å². The maximum absolute atomic E-state index is 11.7. The Morgan fingerprint density at radius 1 is 0.603 bits per heavy atom. The molecular formula is C50H37NO6S. The Hall–Kier alpha value is -7.03. The molecule has 8 heteroatoms. The Morgan fingerprint density at radius 2 is 1.24 bits per heavy atom. The summed E-state index contributed by atoms with van der Waals surface area (Å²) in [6.45, 7) is 7.54. The highest BCUT2D eigenvalue weighted by atomic mass is 32.1. The number of aromatic nitrogens is 1. The first kappa shape index (κ1) is 36.6. The summed E-state index contributed by atoms with van der Waals surface area (Å²) in [5, 5.41) is 5.18. The molecule has 0 amide bonds. The lowest BCUT2D eigenvalue weighted by Crippen LogP contribution is -2.29. The van der Waals surface area contributed by atoms with Crippen molar-refractivity contribution in [3.05, 3.63) is 187 Å². The Labute approximate surface area is 339 Å². The van der Waals surface area contributed by atoms with Crippen LogP contribution in [0.5, 0.6) is 11.5 Å². The fourth-order valence-electron chi connectivity index (χ4n) is 8.13. The maximum atomic E-state index is 11.7. The molecule has 0 aliphatic heterocycles. The fraction of sp³-hybridized carbons (Fsp3) is 0.100. The predicted octanol–water partition coefficient (Wildman–Crippen LogP) is 10.8. The third-order valence-electron chi connectivity index (χ3n) is 10.6. The number of thiazole rings is 1. The molecule has 0 N–H and O–H groups in total. The Bertz CT molecular complexity index is 2860. The van der Waals surface area contributed by atoms with Crippen LogP contribution in [0.4, 0.5) is 0 Å². The van der Waals surface area contributed by atoms with Crippen molar-refractivity contribution in [2.75, 3.05) is 26.4 Å². The van der Waals surface area contributed by atoms with E-state index in [-0.39, 0.29) is 26.4 Å². The van der Waals surface area contributed by atoms with E-state index in [1.165, 1.54) is 0 Å². The van der Waals surface area contributed by atoms with Crippen LogP contribution in [0.2, 0.25) is 0 Å². The Kier molecular flexibility index (Phi) is 9.77. The zero-order valence-corrected chi connectivity index (χ0v) is 32.3. The van der Waals surface area contributed by atoms with Crippen LogP contribution in [-0.4, -0.2) is 43.4 Å².